The lowest BCUT2D eigenvalue weighted by Gasteiger charge is -2.38. The second-order valence-corrected chi connectivity index (χ2v) is 5.17. The molecule has 2 nitrogen and oxygen atoms in total. The van der Waals surface area contributed by atoms with E-state index in [1.165, 1.54) is 43.5 Å². The summed E-state index contributed by atoms with van der Waals surface area (Å²) in [6.45, 7) is 1.97. The van der Waals surface area contributed by atoms with Crippen molar-refractivity contribution in [2.24, 2.45) is 4.99 Å². The fraction of sp³-hybridized carbons (Fsp3) is 0.533. The van der Waals surface area contributed by atoms with E-state index in [2.05, 4.69) is 35.6 Å². The number of amidine groups is 1. The zero-order valence-corrected chi connectivity index (χ0v) is 10.3. The molecule has 1 aliphatic carbocycles. The minimum Gasteiger partial charge on any atom is -0.371 e. The first-order chi connectivity index (χ1) is 8.42. The molecule has 1 aromatic carbocycles. The van der Waals surface area contributed by atoms with Crippen molar-refractivity contribution in [2.45, 2.75) is 37.5 Å². The van der Waals surface area contributed by atoms with Crippen molar-refractivity contribution in [3.05, 3.63) is 35.9 Å². The number of benzene rings is 1. The predicted octanol–water partition coefficient (Wildman–Crippen LogP) is 2.89. The van der Waals surface area contributed by atoms with E-state index in [-0.39, 0.29) is 5.41 Å². The van der Waals surface area contributed by atoms with Gasteiger partial charge in [0.1, 0.15) is 5.84 Å². The van der Waals surface area contributed by atoms with E-state index in [0.717, 1.165) is 13.1 Å². The molecule has 1 aromatic rings. The van der Waals surface area contributed by atoms with Crippen molar-refractivity contribution in [1.29, 1.82) is 0 Å². The number of nitrogens with zero attached hydrogens (tertiary/aromatic N) is 1. The third-order valence-electron chi connectivity index (χ3n) is 4.16. The average Bonchev–Trinajstić information content (AvgIpc) is 2.95. The van der Waals surface area contributed by atoms with Gasteiger partial charge in [0.05, 0.1) is 12.0 Å². The molecule has 0 spiro atoms. The zero-order valence-electron chi connectivity index (χ0n) is 10.3. The molecule has 0 amide bonds. The number of aliphatic imine (C=N–C) groups is 1. The molecule has 2 heteroatoms. The minimum atomic E-state index is 0.190. The summed E-state index contributed by atoms with van der Waals surface area (Å²) in [5, 5.41) is 3.52. The first kappa shape index (κ1) is 10.8. The van der Waals surface area contributed by atoms with Crippen LogP contribution in [0.2, 0.25) is 0 Å². The molecule has 0 saturated heterocycles. The molecule has 90 valence electrons. The van der Waals surface area contributed by atoms with Gasteiger partial charge in [-0.2, -0.15) is 0 Å². The van der Waals surface area contributed by atoms with Crippen LogP contribution in [0.4, 0.5) is 0 Å². The Morgan fingerprint density at radius 2 is 1.76 bits per heavy atom. The lowest BCUT2D eigenvalue weighted by atomic mass is 9.68. The van der Waals surface area contributed by atoms with Gasteiger partial charge in [-0.15, -0.1) is 0 Å². The topological polar surface area (TPSA) is 24.4 Å². The predicted molar refractivity (Wildman–Crippen MR) is 71.5 cm³/mol. The van der Waals surface area contributed by atoms with Gasteiger partial charge in [-0.25, -0.2) is 0 Å². The van der Waals surface area contributed by atoms with E-state index in [0.29, 0.717) is 0 Å². The molecule has 0 atom stereocenters. The van der Waals surface area contributed by atoms with E-state index in [4.69, 9.17) is 4.99 Å². The summed E-state index contributed by atoms with van der Waals surface area (Å²) in [5.41, 5.74) is 1.64. The van der Waals surface area contributed by atoms with Crippen molar-refractivity contribution in [1.82, 2.24) is 5.32 Å². The highest BCUT2D eigenvalue weighted by Gasteiger charge is 2.39. The summed E-state index contributed by atoms with van der Waals surface area (Å²) in [7, 11) is 0. The van der Waals surface area contributed by atoms with Gasteiger partial charge in [-0.3, -0.25) is 4.99 Å². The summed E-state index contributed by atoms with van der Waals surface area (Å²) in [6.07, 6.45) is 6.54. The highest BCUT2D eigenvalue weighted by Crippen LogP contribution is 2.40. The maximum Gasteiger partial charge on any atom is 0.107 e. The Hall–Kier alpha value is -1.31. The van der Waals surface area contributed by atoms with Crippen LogP contribution in [0.15, 0.2) is 35.3 Å². The summed E-state index contributed by atoms with van der Waals surface area (Å²) in [4.78, 5) is 4.71. The molecule has 1 aliphatic heterocycles. The third kappa shape index (κ3) is 1.86. The van der Waals surface area contributed by atoms with E-state index in [1.54, 1.807) is 0 Å². The fourth-order valence-corrected chi connectivity index (χ4v) is 3.29. The Morgan fingerprint density at radius 3 is 2.41 bits per heavy atom. The Kier molecular flexibility index (Phi) is 2.87. The highest BCUT2D eigenvalue weighted by molar-refractivity contribution is 5.94. The first-order valence-corrected chi connectivity index (χ1v) is 6.76. The van der Waals surface area contributed by atoms with Gasteiger partial charge in [0, 0.05) is 6.54 Å². The molecule has 0 radical (unpaired) electrons. The lowest BCUT2D eigenvalue weighted by Crippen LogP contribution is -2.43. The van der Waals surface area contributed by atoms with Gasteiger partial charge in [0.2, 0.25) is 0 Å². The molecule has 2 aliphatic rings. The van der Waals surface area contributed by atoms with Gasteiger partial charge >= 0.3 is 0 Å². The first-order valence-electron chi connectivity index (χ1n) is 6.76. The summed E-state index contributed by atoms with van der Waals surface area (Å²) in [6, 6.07) is 11.0. The SMILES string of the molecule is c1ccc(C2(C3=NCCN3)CCCCC2)cc1. The van der Waals surface area contributed by atoms with Crippen LogP contribution in [-0.4, -0.2) is 18.9 Å². The number of rotatable bonds is 2. The van der Waals surface area contributed by atoms with Crippen molar-refractivity contribution in [2.75, 3.05) is 13.1 Å². The third-order valence-corrected chi connectivity index (χ3v) is 4.16. The zero-order chi connectivity index (χ0) is 11.6. The van der Waals surface area contributed by atoms with Crippen molar-refractivity contribution in [3.63, 3.8) is 0 Å². The molecule has 1 heterocycles. The number of hydrogen-bond acceptors (Lipinski definition) is 2. The molecule has 3 rings (SSSR count). The molecule has 17 heavy (non-hydrogen) atoms. The van der Waals surface area contributed by atoms with Gasteiger partial charge in [-0.05, 0) is 18.4 Å². The van der Waals surface area contributed by atoms with Crippen LogP contribution in [0, 0.1) is 0 Å². The molecule has 0 aromatic heterocycles. The lowest BCUT2D eigenvalue weighted by molar-refractivity contribution is 0.375. The Labute approximate surface area is 103 Å². The second-order valence-electron chi connectivity index (χ2n) is 5.17. The van der Waals surface area contributed by atoms with Crippen LogP contribution in [0.5, 0.6) is 0 Å². The van der Waals surface area contributed by atoms with Gasteiger partial charge in [-0.1, -0.05) is 49.6 Å². The van der Waals surface area contributed by atoms with Crippen molar-refractivity contribution in [3.8, 4) is 0 Å². The van der Waals surface area contributed by atoms with E-state index < -0.39 is 0 Å². The monoisotopic (exact) mass is 228 g/mol. The average molecular weight is 228 g/mol. The smallest absolute Gasteiger partial charge is 0.107 e. The Bertz CT molecular complexity index is 402. The van der Waals surface area contributed by atoms with Gasteiger partial charge in [0.25, 0.3) is 0 Å². The van der Waals surface area contributed by atoms with Crippen LogP contribution < -0.4 is 5.32 Å². The van der Waals surface area contributed by atoms with E-state index in [9.17, 15) is 0 Å². The van der Waals surface area contributed by atoms with Crippen molar-refractivity contribution < 1.29 is 0 Å². The molecule has 0 unspecified atom stereocenters. The summed E-state index contributed by atoms with van der Waals surface area (Å²) < 4.78 is 0. The molecule has 0 bridgehead atoms. The number of nitrogens with one attached hydrogen (secondary N) is 1. The molecule has 1 saturated carbocycles. The summed E-state index contributed by atoms with van der Waals surface area (Å²) >= 11 is 0. The fourth-order valence-electron chi connectivity index (χ4n) is 3.29. The molecule has 1 fully saturated rings. The summed E-state index contributed by atoms with van der Waals surface area (Å²) in [5.74, 6) is 1.25. The maximum atomic E-state index is 4.71. The van der Waals surface area contributed by atoms with Crippen LogP contribution in [0.1, 0.15) is 37.7 Å². The largest absolute Gasteiger partial charge is 0.371 e. The van der Waals surface area contributed by atoms with Crippen molar-refractivity contribution >= 4 is 5.84 Å². The maximum absolute atomic E-state index is 4.71. The number of hydrogen-bond donors (Lipinski definition) is 1. The van der Waals surface area contributed by atoms with Crippen LogP contribution in [0.25, 0.3) is 0 Å². The second kappa shape index (κ2) is 4.52. The molecular weight excluding hydrogens is 208 g/mol. The minimum absolute atomic E-state index is 0.190. The van der Waals surface area contributed by atoms with Crippen LogP contribution >= 0.6 is 0 Å². The molecule has 1 N–H and O–H groups in total. The standard InChI is InChI=1S/C15H20N2/c1-3-7-13(8-4-1)15(9-5-2-6-10-15)14-16-11-12-17-14/h1,3-4,7-8H,2,5-6,9-12H2,(H,16,17). The quantitative estimate of drug-likeness (QED) is 0.827. The van der Waals surface area contributed by atoms with E-state index >= 15 is 0 Å². The van der Waals surface area contributed by atoms with Gasteiger partial charge in [0.15, 0.2) is 0 Å². The van der Waals surface area contributed by atoms with Crippen LogP contribution in [-0.2, 0) is 5.41 Å². The molecular formula is C15H20N2. The van der Waals surface area contributed by atoms with E-state index in [1.807, 2.05) is 0 Å². The Morgan fingerprint density at radius 1 is 1.00 bits per heavy atom. The normalized spacial score (nSPS) is 22.9. The Balaban J connectivity index is 2.01. The van der Waals surface area contributed by atoms with Crippen LogP contribution in [0.3, 0.4) is 0 Å². The highest BCUT2D eigenvalue weighted by atomic mass is 15.1. The van der Waals surface area contributed by atoms with Gasteiger partial charge < -0.3 is 5.32 Å².